The summed E-state index contributed by atoms with van der Waals surface area (Å²) in [5, 5.41) is 0.537. The minimum Gasteiger partial charge on any atom is -0.495 e. The second kappa shape index (κ2) is 8.01. The number of halogens is 2. The van der Waals surface area contributed by atoms with Gasteiger partial charge in [-0.25, -0.2) is 0 Å². The van der Waals surface area contributed by atoms with E-state index >= 15 is 0 Å². The Hall–Kier alpha value is -0.410. The maximum absolute atomic E-state index is 6.30. The van der Waals surface area contributed by atoms with Crippen molar-refractivity contribution in [3.63, 3.8) is 0 Å². The Balaban J connectivity index is 3.02. The fraction of sp³-hybridized carbons (Fsp3) is 0.600. The Morgan fingerprint density at radius 1 is 1.26 bits per heavy atom. The zero-order chi connectivity index (χ0) is 14.4. The van der Waals surface area contributed by atoms with Gasteiger partial charge in [-0.1, -0.05) is 60.3 Å². The third-order valence-corrected chi connectivity index (χ3v) is 5.08. The van der Waals surface area contributed by atoms with E-state index in [2.05, 4.69) is 29.8 Å². The molecule has 2 unspecified atom stereocenters. The molecule has 1 aromatic rings. The summed E-state index contributed by atoms with van der Waals surface area (Å²) in [6.45, 7) is 4.45. The Kier molecular flexibility index (Phi) is 7.01. The van der Waals surface area contributed by atoms with Gasteiger partial charge in [-0.05, 0) is 18.4 Å². The lowest BCUT2D eigenvalue weighted by molar-refractivity contribution is 0.387. The van der Waals surface area contributed by atoms with Crippen molar-refractivity contribution in [1.82, 2.24) is 0 Å². The van der Waals surface area contributed by atoms with Crippen molar-refractivity contribution in [2.45, 2.75) is 37.9 Å². The van der Waals surface area contributed by atoms with E-state index < -0.39 is 0 Å². The van der Waals surface area contributed by atoms with Crippen LogP contribution in [0.5, 0.6) is 11.5 Å². The van der Waals surface area contributed by atoms with Gasteiger partial charge in [-0.15, -0.1) is 0 Å². The lowest BCUT2D eigenvalue weighted by Gasteiger charge is -2.22. The average Bonchev–Trinajstić information content (AvgIpc) is 2.43. The van der Waals surface area contributed by atoms with Gasteiger partial charge in [0.05, 0.1) is 14.2 Å². The van der Waals surface area contributed by atoms with Crippen LogP contribution in [0, 0.1) is 5.92 Å². The molecule has 0 saturated carbocycles. The van der Waals surface area contributed by atoms with Crippen molar-refractivity contribution >= 4 is 27.5 Å². The van der Waals surface area contributed by atoms with Gasteiger partial charge < -0.3 is 9.47 Å². The predicted octanol–water partition coefficient (Wildman–Crippen LogP) is 5.62. The molecule has 0 N–H and O–H groups in total. The summed E-state index contributed by atoms with van der Waals surface area (Å²) in [7, 11) is 3.25. The van der Waals surface area contributed by atoms with Gasteiger partial charge in [-0.3, -0.25) is 0 Å². The molecule has 0 spiro atoms. The van der Waals surface area contributed by atoms with Crippen LogP contribution in [-0.2, 0) is 0 Å². The first-order valence-corrected chi connectivity index (χ1v) is 7.90. The molecule has 108 valence electrons. The van der Waals surface area contributed by atoms with Crippen LogP contribution < -0.4 is 9.47 Å². The van der Waals surface area contributed by atoms with Crippen molar-refractivity contribution in [3.05, 3.63) is 22.7 Å². The molecule has 0 aromatic heterocycles. The Morgan fingerprint density at radius 3 is 2.47 bits per heavy atom. The third-order valence-electron chi connectivity index (χ3n) is 3.33. The molecule has 0 bridgehead atoms. The summed E-state index contributed by atoms with van der Waals surface area (Å²) in [4.78, 5) is 0.234. The van der Waals surface area contributed by atoms with Crippen LogP contribution in [-0.4, -0.2) is 14.2 Å². The summed E-state index contributed by atoms with van der Waals surface area (Å²) < 4.78 is 10.7. The molecule has 0 aliphatic carbocycles. The minimum absolute atomic E-state index is 0.234. The number of unbranched alkanes of at least 4 members (excludes halogenated alkanes) is 1. The first-order chi connectivity index (χ1) is 9.06. The van der Waals surface area contributed by atoms with Gasteiger partial charge in [0.1, 0.15) is 16.5 Å². The molecule has 0 radical (unpaired) electrons. The monoisotopic (exact) mass is 348 g/mol. The zero-order valence-electron chi connectivity index (χ0n) is 12.0. The molecule has 2 nitrogen and oxygen atoms in total. The number of alkyl halides is 1. The summed E-state index contributed by atoms with van der Waals surface area (Å²) in [5.41, 5.74) is 1.08. The van der Waals surface area contributed by atoms with E-state index in [1.54, 1.807) is 14.2 Å². The summed E-state index contributed by atoms with van der Waals surface area (Å²) in [5.74, 6) is 1.87. The quantitative estimate of drug-likeness (QED) is 0.595. The highest BCUT2D eigenvalue weighted by Gasteiger charge is 2.22. The van der Waals surface area contributed by atoms with Crippen LogP contribution in [0.2, 0.25) is 5.02 Å². The molecular weight excluding hydrogens is 328 g/mol. The first kappa shape index (κ1) is 16.6. The molecule has 4 heteroatoms. The lowest BCUT2D eigenvalue weighted by atomic mass is 9.95. The maximum atomic E-state index is 6.30. The summed E-state index contributed by atoms with van der Waals surface area (Å²) in [6, 6.07) is 3.91. The number of benzene rings is 1. The van der Waals surface area contributed by atoms with Crippen molar-refractivity contribution in [2.75, 3.05) is 14.2 Å². The standard InChI is InChI=1S/C15H22BrClO2/c1-5-6-7-10(2)13(16)11-8-9-12(18-3)14(17)15(11)19-4/h8-10,13H,5-7H2,1-4H3. The fourth-order valence-corrected chi connectivity index (χ4v) is 3.07. The molecule has 1 rings (SSSR count). The van der Waals surface area contributed by atoms with Crippen molar-refractivity contribution < 1.29 is 9.47 Å². The van der Waals surface area contributed by atoms with Gasteiger partial charge in [0.2, 0.25) is 0 Å². The number of hydrogen-bond acceptors (Lipinski definition) is 2. The van der Waals surface area contributed by atoms with Gasteiger partial charge in [-0.2, -0.15) is 0 Å². The maximum Gasteiger partial charge on any atom is 0.145 e. The molecule has 0 aliphatic rings. The second-order valence-electron chi connectivity index (χ2n) is 4.73. The summed E-state index contributed by atoms with van der Waals surface area (Å²) >= 11 is 10.1. The smallest absolute Gasteiger partial charge is 0.145 e. The van der Waals surface area contributed by atoms with Crippen LogP contribution in [0.3, 0.4) is 0 Å². The first-order valence-electron chi connectivity index (χ1n) is 6.61. The highest BCUT2D eigenvalue weighted by Crippen LogP contribution is 2.45. The van der Waals surface area contributed by atoms with E-state index in [9.17, 15) is 0 Å². The largest absolute Gasteiger partial charge is 0.495 e. The predicted molar refractivity (Wildman–Crippen MR) is 84.9 cm³/mol. The van der Waals surface area contributed by atoms with Crippen molar-refractivity contribution in [1.29, 1.82) is 0 Å². The molecule has 0 amide bonds. The molecule has 0 saturated heterocycles. The summed E-state index contributed by atoms with van der Waals surface area (Å²) in [6.07, 6.45) is 3.62. The minimum atomic E-state index is 0.234. The van der Waals surface area contributed by atoms with Crippen LogP contribution in [0.1, 0.15) is 43.5 Å². The number of methoxy groups -OCH3 is 2. The third kappa shape index (κ3) is 4.03. The lowest BCUT2D eigenvalue weighted by Crippen LogP contribution is -2.06. The van der Waals surface area contributed by atoms with Gasteiger partial charge in [0.25, 0.3) is 0 Å². The number of hydrogen-bond donors (Lipinski definition) is 0. The fourth-order valence-electron chi connectivity index (χ4n) is 2.11. The van der Waals surface area contributed by atoms with E-state index in [0.717, 1.165) is 5.56 Å². The molecular formula is C15H22BrClO2. The van der Waals surface area contributed by atoms with E-state index in [-0.39, 0.29) is 4.83 Å². The van der Waals surface area contributed by atoms with Gasteiger partial charge >= 0.3 is 0 Å². The van der Waals surface area contributed by atoms with Gasteiger partial charge in [0.15, 0.2) is 0 Å². The highest BCUT2D eigenvalue weighted by molar-refractivity contribution is 9.09. The molecule has 2 atom stereocenters. The van der Waals surface area contributed by atoms with Crippen molar-refractivity contribution in [2.24, 2.45) is 5.92 Å². The molecule has 1 aromatic carbocycles. The molecule has 19 heavy (non-hydrogen) atoms. The van der Waals surface area contributed by atoms with E-state index in [0.29, 0.717) is 22.4 Å². The second-order valence-corrected chi connectivity index (χ2v) is 6.09. The number of ether oxygens (including phenoxy) is 2. The van der Waals surface area contributed by atoms with E-state index in [1.807, 2.05) is 12.1 Å². The van der Waals surface area contributed by atoms with E-state index in [1.165, 1.54) is 19.3 Å². The molecule has 0 heterocycles. The topological polar surface area (TPSA) is 18.5 Å². The normalized spacial score (nSPS) is 14.0. The molecule has 0 fully saturated rings. The van der Waals surface area contributed by atoms with E-state index in [4.69, 9.17) is 21.1 Å². The number of rotatable bonds is 7. The van der Waals surface area contributed by atoms with Crippen LogP contribution in [0.15, 0.2) is 12.1 Å². The van der Waals surface area contributed by atoms with Crippen molar-refractivity contribution in [3.8, 4) is 11.5 Å². The SMILES string of the molecule is CCCCC(C)C(Br)c1ccc(OC)c(Cl)c1OC. The average molecular weight is 350 g/mol. The Morgan fingerprint density at radius 2 is 1.95 bits per heavy atom. The van der Waals surface area contributed by atoms with Crippen LogP contribution in [0.4, 0.5) is 0 Å². The zero-order valence-corrected chi connectivity index (χ0v) is 14.3. The Labute approximate surface area is 129 Å². The molecule has 0 aliphatic heterocycles. The van der Waals surface area contributed by atoms with Crippen LogP contribution >= 0.6 is 27.5 Å². The highest BCUT2D eigenvalue weighted by atomic mass is 79.9. The van der Waals surface area contributed by atoms with Crippen LogP contribution in [0.25, 0.3) is 0 Å². The Bertz CT molecular complexity index is 409. The van der Waals surface area contributed by atoms with Gasteiger partial charge in [0, 0.05) is 10.4 Å².